The second-order valence-electron chi connectivity index (χ2n) is 3.21. The van der Waals surface area contributed by atoms with Gasteiger partial charge in [0.1, 0.15) is 0 Å². The van der Waals surface area contributed by atoms with Crippen molar-refractivity contribution in [1.29, 1.82) is 0 Å². The van der Waals surface area contributed by atoms with Crippen LogP contribution in [0.15, 0.2) is 22.3 Å². The van der Waals surface area contributed by atoms with Crippen LogP contribution < -0.4 is 0 Å². The second-order valence-corrected chi connectivity index (χ2v) is 4.93. The average molecular weight is 279 g/mol. The van der Waals surface area contributed by atoms with Crippen molar-refractivity contribution in [2.75, 3.05) is 0 Å². The van der Waals surface area contributed by atoms with Crippen molar-refractivity contribution in [1.82, 2.24) is 0 Å². The third kappa shape index (κ3) is 3.12. The van der Waals surface area contributed by atoms with Crippen LogP contribution in [-0.4, -0.2) is 6.29 Å². The Bertz CT molecular complexity index is 258. The Morgan fingerprint density at radius 1 is 1.07 bits per heavy atom. The van der Waals surface area contributed by atoms with E-state index in [-0.39, 0.29) is 5.92 Å². The monoisotopic (exact) mass is 278 g/mol. The van der Waals surface area contributed by atoms with Crippen molar-refractivity contribution in [3.8, 4) is 0 Å². The van der Waals surface area contributed by atoms with Crippen LogP contribution in [0.3, 0.4) is 0 Å². The first kappa shape index (κ1) is 14.2. The average Bonchev–Trinajstić information content (AvgIpc) is 2.33. The Balaban J connectivity index is 0.000000500. The van der Waals surface area contributed by atoms with Crippen LogP contribution in [0.2, 0.25) is 0 Å². The molecule has 0 spiro atoms. The van der Waals surface area contributed by atoms with E-state index in [2.05, 4.69) is 20.1 Å². The Labute approximate surface area is 100 Å². The zero-order valence-corrected chi connectivity index (χ0v) is 11.1. The van der Waals surface area contributed by atoms with Crippen molar-refractivity contribution >= 4 is 26.6 Å². The topological polar surface area (TPSA) is 17.1 Å². The number of halogens is 2. The Morgan fingerprint density at radius 3 is 1.50 bits per heavy atom. The summed E-state index contributed by atoms with van der Waals surface area (Å²) in [6.07, 6.45) is 2.06. The molecule has 0 unspecified atom stereocenters. The molecule has 0 fully saturated rings. The molecule has 0 amide bonds. The van der Waals surface area contributed by atoms with Gasteiger partial charge in [-0.15, -0.1) is 0 Å². The predicted octanol–water partition coefficient (Wildman–Crippen LogP) is 3.78. The molecule has 4 heteroatoms. The molecule has 0 heterocycles. The molecule has 0 aromatic rings. The molecule has 0 saturated carbocycles. The first-order valence-corrected chi connectivity index (χ1v) is 6.94. The van der Waals surface area contributed by atoms with E-state index in [1.54, 1.807) is 0 Å². The molecular formula is C10H13Cl2CoO. The van der Waals surface area contributed by atoms with Gasteiger partial charge < -0.3 is 4.79 Å². The van der Waals surface area contributed by atoms with Gasteiger partial charge in [-0.2, -0.15) is 0 Å². The van der Waals surface area contributed by atoms with Gasteiger partial charge in [-0.05, 0) is 27.7 Å². The van der Waals surface area contributed by atoms with Crippen molar-refractivity contribution < 1.29 is 17.7 Å². The maximum atomic E-state index is 10.5. The first-order valence-electron chi connectivity index (χ1n) is 4.07. The molecule has 0 N–H and O–H groups in total. The molecule has 82 valence electrons. The number of allylic oxidation sites excluding steroid dienone is 4. The van der Waals surface area contributed by atoms with Gasteiger partial charge in [0.2, 0.25) is 0 Å². The van der Waals surface area contributed by atoms with Crippen molar-refractivity contribution in [3.05, 3.63) is 22.3 Å². The van der Waals surface area contributed by atoms with Crippen molar-refractivity contribution in [2.24, 2.45) is 5.92 Å². The van der Waals surface area contributed by atoms with Crippen LogP contribution in [0.1, 0.15) is 27.7 Å². The van der Waals surface area contributed by atoms with E-state index in [9.17, 15) is 4.79 Å². The predicted molar refractivity (Wildman–Crippen MR) is 57.6 cm³/mol. The molecule has 0 aromatic heterocycles. The zero-order chi connectivity index (χ0) is 11.3. The summed E-state index contributed by atoms with van der Waals surface area (Å²) in [6, 6.07) is 0. The first-order chi connectivity index (χ1) is 6.51. The van der Waals surface area contributed by atoms with Crippen LogP contribution in [-0.2, 0) is 17.7 Å². The van der Waals surface area contributed by atoms with Gasteiger partial charge in [-0.25, -0.2) is 0 Å². The third-order valence-corrected chi connectivity index (χ3v) is 2.73. The van der Waals surface area contributed by atoms with E-state index in [0.29, 0.717) is 12.9 Å². The summed E-state index contributed by atoms with van der Waals surface area (Å²) in [5, 5.41) is 0. The standard InChI is InChI=1S/C10H13O.2ClH.Co/c1-6-7(2)9(4)10(5-11)8(6)3;;;/h10H,1-4H3;2*1H;/q-1;;;+3/p-2. The Kier molecular flexibility index (Phi) is 6.78. The van der Waals surface area contributed by atoms with Crippen LogP contribution in [0.4, 0.5) is 0 Å². The van der Waals surface area contributed by atoms with Crippen LogP contribution in [0.5, 0.6) is 0 Å². The molecule has 0 saturated heterocycles. The van der Waals surface area contributed by atoms with Gasteiger partial charge in [-0.3, -0.25) is 6.29 Å². The van der Waals surface area contributed by atoms with Crippen LogP contribution in [0, 0.1) is 5.92 Å². The third-order valence-electron chi connectivity index (χ3n) is 2.73. The molecule has 0 bridgehead atoms. The molecular weight excluding hydrogens is 266 g/mol. The summed E-state index contributed by atoms with van der Waals surface area (Å²) in [5.74, 6) is -0.0602. The van der Waals surface area contributed by atoms with Gasteiger partial charge in [-0.1, -0.05) is 28.2 Å². The van der Waals surface area contributed by atoms with Crippen molar-refractivity contribution in [2.45, 2.75) is 27.7 Å². The summed E-state index contributed by atoms with van der Waals surface area (Å²) in [7, 11) is 9.47. The minimum atomic E-state index is -0.0602. The van der Waals surface area contributed by atoms with Gasteiger partial charge in [0.25, 0.3) is 0 Å². The van der Waals surface area contributed by atoms with Gasteiger partial charge >= 0.3 is 33.2 Å². The quantitative estimate of drug-likeness (QED) is 0.668. The van der Waals surface area contributed by atoms with E-state index < -0.39 is 0 Å². The summed E-state index contributed by atoms with van der Waals surface area (Å²) in [4.78, 5) is 10.5. The van der Waals surface area contributed by atoms with Crippen LogP contribution in [0.25, 0.3) is 0 Å². The SMILES string of the molecule is CC1=C(C)C([C-]=O)C(C)=C1C.[Cl][Co+][Cl]. The molecule has 1 nitrogen and oxygen atoms in total. The van der Waals surface area contributed by atoms with E-state index >= 15 is 0 Å². The fourth-order valence-corrected chi connectivity index (χ4v) is 1.53. The number of rotatable bonds is 1. The molecule has 1 rings (SSSR count). The summed E-state index contributed by atoms with van der Waals surface area (Å²) in [5.41, 5.74) is 4.84. The van der Waals surface area contributed by atoms with E-state index in [1.165, 1.54) is 11.1 Å². The second kappa shape index (κ2) is 6.67. The van der Waals surface area contributed by atoms with Gasteiger partial charge in [0.15, 0.2) is 0 Å². The fraction of sp³-hybridized carbons (Fsp3) is 0.500. The number of carbonyl (C=O) groups excluding carboxylic acids is 1. The Hall–Kier alpha value is 0.236. The van der Waals surface area contributed by atoms with Gasteiger partial charge in [0, 0.05) is 0 Å². The Morgan fingerprint density at radius 2 is 1.36 bits per heavy atom. The molecule has 0 radical (unpaired) electrons. The zero-order valence-electron chi connectivity index (χ0n) is 8.57. The molecule has 1 aliphatic rings. The fourth-order valence-electron chi connectivity index (χ4n) is 1.53. The summed E-state index contributed by atoms with van der Waals surface area (Å²) in [6.45, 7) is 8.13. The van der Waals surface area contributed by atoms with E-state index in [0.717, 1.165) is 11.1 Å². The normalized spacial score (nSPS) is 17.3. The minimum absolute atomic E-state index is 0.0602. The van der Waals surface area contributed by atoms with E-state index in [1.807, 2.05) is 13.8 Å². The molecule has 0 atom stereocenters. The molecule has 0 aliphatic heterocycles. The molecule has 0 aromatic carbocycles. The molecule has 14 heavy (non-hydrogen) atoms. The van der Waals surface area contributed by atoms with Crippen molar-refractivity contribution in [3.63, 3.8) is 0 Å². The summed E-state index contributed by atoms with van der Waals surface area (Å²) < 4.78 is 0. The van der Waals surface area contributed by atoms with Gasteiger partial charge in [0.05, 0.1) is 0 Å². The summed E-state index contributed by atoms with van der Waals surface area (Å²) >= 11 is 0.382. The maximum absolute atomic E-state index is 10.5. The van der Waals surface area contributed by atoms with E-state index in [4.69, 9.17) is 20.3 Å². The molecule has 1 aliphatic carbocycles. The number of hydrogen-bond acceptors (Lipinski definition) is 1. The van der Waals surface area contributed by atoms with Crippen LogP contribution >= 0.6 is 20.3 Å². The number of hydrogen-bond donors (Lipinski definition) is 0.